The maximum absolute atomic E-state index is 11.8. The molecule has 2 N–H and O–H groups in total. The zero-order valence-electron chi connectivity index (χ0n) is 17.4. The van der Waals surface area contributed by atoms with Gasteiger partial charge in [-0.15, -0.1) is 0 Å². The lowest BCUT2D eigenvalue weighted by molar-refractivity contribution is -0.115. The largest absolute Gasteiger partial charge is 0.490 e. The summed E-state index contributed by atoms with van der Waals surface area (Å²) in [6.45, 7) is 7.38. The summed E-state index contributed by atoms with van der Waals surface area (Å²) in [4.78, 5) is 12.3. The van der Waals surface area contributed by atoms with E-state index in [-0.39, 0.29) is 11.1 Å². The predicted molar refractivity (Wildman–Crippen MR) is 121 cm³/mol. The predicted octanol–water partition coefficient (Wildman–Crippen LogP) is 4.55. The van der Waals surface area contributed by atoms with E-state index in [9.17, 15) is 4.79 Å². The summed E-state index contributed by atoms with van der Waals surface area (Å²) < 4.78 is 17.4. The molecule has 0 unspecified atom stereocenters. The summed E-state index contributed by atoms with van der Waals surface area (Å²) in [5.41, 5.74) is 3.23. The lowest BCUT2D eigenvalue weighted by Gasteiger charge is -2.14. The van der Waals surface area contributed by atoms with Crippen molar-refractivity contribution in [1.82, 2.24) is 5.32 Å². The zero-order valence-corrected chi connectivity index (χ0v) is 18.2. The maximum atomic E-state index is 11.8. The molecule has 0 aliphatic carbocycles. The molecule has 158 valence electrons. The van der Waals surface area contributed by atoms with Crippen LogP contribution in [0.15, 0.2) is 41.3 Å². The van der Waals surface area contributed by atoms with Crippen LogP contribution in [0.4, 0.5) is 0 Å². The highest BCUT2D eigenvalue weighted by Crippen LogP contribution is 2.31. The Labute approximate surface area is 181 Å². The quantitative estimate of drug-likeness (QED) is 0.454. The van der Waals surface area contributed by atoms with E-state index in [0.717, 1.165) is 29.5 Å². The van der Waals surface area contributed by atoms with Gasteiger partial charge in [0.15, 0.2) is 16.7 Å². The van der Waals surface area contributed by atoms with Gasteiger partial charge in [-0.05, 0) is 79.1 Å². The second kappa shape index (κ2) is 10.2. The van der Waals surface area contributed by atoms with E-state index < -0.39 is 0 Å². The van der Waals surface area contributed by atoms with Crippen LogP contribution in [0.5, 0.6) is 17.2 Å². The molecular weight excluding hydrogens is 400 g/mol. The lowest BCUT2D eigenvalue weighted by Crippen LogP contribution is -2.18. The number of carbonyl (C=O) groups is 1. The van der Waals surface area contributed by atoms with E-state index in [1.807, 2.05) is 31.2 Å². The minimum Gasteiger partial charge on any atom is -0.490 e. The van der Waals surface area contributed by atoms with Crippen LogP contribution in [-0.4, -0.2) is 30.9 Å². The molecular formula is C23H26N2O4S. The molecule has 2 aromatic rings. The van der Waals surface area contributed by atoms with Gasteiger partial charge in [0, 0.05) is 0 Å². The first-order valence-corrected chi connectivity index (χ1v) is 10.7. The molecule has 2 aromatic carbocycles. The van der Waals surface area contributed by atoms with Gasteiger partial charge in [0.1, 0.15) is 19.0 Å². The average molecular weight is 427 g/mol. The number of aryl methyl sites for hydroxylation is 2. The van der Waals surface area contributed by atoms with Gasteiger partial charge in [-0.3, -0.25) is 10.2 Å². The number of thioether (sulfide) groups is 1. The molecule has 3 rings (SSSR count). The number of amides is 1. The Bertz CT molecular complexity index is 972. The summed E-state index contributed by atoms with van der Waals surface area (Å²) in [6, 6.07) is 11.7. The van der Waals surface area contributed by atoms with Gasteiger partial charge < -0.3 is 19.5 Å². The fourth-order valence-corrected chi connectivity index (χ4v) is 3.72. The number of carbonyl (C=O) groups excluding carboxylic acids is 1. The van der Waals surface area contributed by atoms with Crippen LogP contribution in [0.2, 0.25) is 0 Å². The third kappa shape index (κ3) is 5.79. The topological polar surface area (TPSA) is 80.6 Å². The van der Waals surface area contributed by atoms with Crippen molar-refractivity contribution in [3.8, 4) is 17.2 Å². The van der Waals surface area contributed by atoms with E-state index in [1.54, 1.807) is 6.08 Å². The molecule has 6 nitrogen and oxygen atoms in total. The average Bonchev–Trinajstić information content (AvgIpc) is 3.03. The van der Waals surface area contributed by atoms with Crippen LogP contribution in [0.3, 0.4) is 0 Å². The zero-order chi connectivity index (χ0) is 21.5. The number of rotatable bonds is 9. The maximum Gasteiger partial charge on any atom is 0.264 e. The molecule has 0 bridgehead atoms. The van der Waals surface area contributed by atoms with Crippen LogP contribution in [0, 0.1) is 12.3 Å². The standard InChI is InChI=1S/C23H26N2O4S/c1-4-16-10-15(3)11-18(12-16)28-8-9-29-19-7-6-17(13-20(19)27-5-2)14-21-22(26)25-23(24)30-21/h6-7,10-14H,4-5,8-9H2,1-3H3,(H2,24,25,26). The van der Waals surface area contributed by atoms with Crippen LogP contribution < -0.4 is 19.5 Å². The second-order valence-electron chi connectivity index (χ2n) is 6.74. The fourth-order valence-electron chi connectivity index (χ4n) is 3.02. The number of nitrogens with one attached hydrogen (secondary N) is 2. The molecule has 0 saturated carbocycles. The van der Waals surface area contributed by atoms with Crippen molar-refractivity contribution in [3.05, 3.63) is 58.0 Å². The van der Waals surface area contributed by atoms with Crippen molar-refractivity contribution in [3.63, 3.8) is 0 Å². The van der Waals surface area contributed by atoms with Crippen LogP contribution in [-0.2, 0) is 11.2 Å². The molecule has 0 aromatic heterocycles. The first-order valence-electron chi connectivity index (χ1n) is 9.91. The van der Waals surface area contributed by atoms with E-state index in [2.05, 4.69) is 31.3 Å². The van der Waals surface area contributed by atoms with Gasteiger partial charge in [-0.2, -0.15) is 0 Å². The molecule has 0 radical (unpaired) electrons. The Morgan fingerprint density at radius 3 is 2.53 bits per heavy atom. The minimum absolute atomic E-state index is 0.135. The van der Waals surface area contributed by atoms with Gasteiger partial charge in [0.05, 0.1) is 11.5 Å². The first kappa shape index (κ1) is 21.8. The van der Waals surface area contributed by atoms with Crippen molar-refractivity contribution in [2.75, 3.05) is 19.8 Å². The van der Waals surface area contributed by atoms with Gasteiger partial charge in [0.25, 0.3) is 5.91 Å². The number of hydrogen-bond donors (Lipinski definition) is 2. The van der Waals surface area contributed by atoms with Crippen LogP contribution in [0.1, 0.15) is 30.5 Å². The third-order valence-electron chi connectivity index (χ3n) is 4.36. The number of hydrogen-bond acceptors (Lipinski definition) is 6. The first-order chi connectivity index (χ1) is 14.5. The normalized spacial score (nSPS) is 14.7. The summed E-state index contributed by atoms with van der Waals surface area (Å²) >= 11 is 1.11. The summed E-state index contributed by atoms with van der Waals surface area (Å²) in [5, 5.41) is 10.1. The van der Waals surface area contributed by atoms with Crippen molar-refractivity contribution in [2.24, 2.45) is 0 Å². The lowest BCUT2D eigenvalue weighted by atomic mass is 10.1. The Morgan fingerprint density at radius 1 is 1.03 bits per heavy atom. The number of benzene rings is 2. The second-order valence-corrected chi connectivity index (χ2v) is 7.79. The number of ether oxygens (including phenoxy) is 3. The van der Waals surface area contributed by atoms with E-state index >= 15 is 0 Å². The molecule has 7 heteroatoms. The Hall–Kier alpha value is -2.93. The number of amidine groups is 1. The monoisotopic (exact) mass is 426 g/mol. The SMILES string of the molecule is CCOc1cc(C=C2SC(=N)NC2=O)ccc1OCCOc1cc(C)cc(CC)c1. The molecule has 1 aliphatic rings. The molecule has 1 fully saturated rings. The molecule has 30 heavy (non-hydrogen) atoms. The Kier molecular flexibility index (Phi) is 7.41. The van der Waals surface area contributed by atoms with E-state index in [1.165, 1.54) is 11.1 Å². The van der Waals surface area contributed by atoms with Crippen molar-refractivity contribution < 1.29 is 19.0 Å². The highest BCUT2D eigenvalue weighted by atomic mass is 32.2. The molecule has 0 spiro atoms. The van der Waals surface area contributed by atoms with Crippen molar-refractivity contribution in [1.29, 1.82) is 5.41 Å². The van der Waals surface area contributed by atoms with Crippen LogP contribution in [0.25, 0.3) is 6.08 Å². The smallest absolute Gasteiger partial charge is 0.264 e. The highest BCUT2D eigenvalue weighted by Gasteiger charge is 2.22. The van der Waals surface area contributed by atoms with E-state index in [0.29, 0.717) is 36.2 Å². The molecule has 1 amide bonds. The summed E-state index contributed by atoms with van der Waals surface area (Å²) in [5.74, 6) is 1.81. The summed E-state index contributed by atoms with van der Waals surface area (Å²) in [6.07, 6.45) is 2.70. The molecule has 1 aliphatic heterocycles. The third-order valence-corrected chi connectivity index (χ3v) is 5.19. The van der Waals surface area contributed by atoms with Gasteiger partial charge in [0.2, 0.25) is 0 Å². The van der Waals surface area contributed by atoms with E-state index in [4.69, 9.17) is 19.6 Å². The van der Waals surface area contributed by atoms with Crippen molar-refractivity contribution in [2.45, 2.75) is 27.2 Å². The van der Waals surface area contributed by atoms with Gasteiger partial charge in [-0.1, -0.05) is 19.1 Å². The van der Waals surface area contributed by atoms with Gasteiger partial charge in [-0.25, -0.2) is 0 Å². The molecule has 0 atom stereocenters. The van der Waals surface area contributed by atoms with Crippen LogP contribution >= 0.6 is 11.8 Å². The molecule has 1 saturated heterocycles. The Balaban J connectivity index is 1.63. The molecule has 1 heterocycles. The Morgan fingerprint density at radius 2 is 1.83 bits per heavy atom. The minimum atomic E-state index is -0.261. The highest BCUT2D eigenvalue weighted by molar-refractivity contribution is 8.18. The summed E-state index contributed by atoms with van der Waals surface area (Å²) in [7, 11) is 0. The fraction of sp³-hybridized carbons (Fsp3) is 0.304. The van der Waals surface area contributed by atoms with Gasteiger partial charge >= 0.3 is 0 Å². The van der Waals surface area contributed by atoms with Crippen molar-refractivity contribution >= 4 is 28.9 Å².